The molecule has 0 fully saturated rings. The topological polar surface area (TPSA) is 69.3 Å². The minimum Gasteiger partial charge on any atom is -0.313 e. The molecule has 6 nitrogen and oxygen atoms in total. The fourth-order valence-corrected chi connectivity index (χ4v) is 3.14. The lowest BCUT2D eigenvalue weighted by molar-refractivity contribution is -0.119. The van der Waals surface area contributed by atoms with E-state index in [-0.39, 0.29) is 24.4 Å². The van der Waals surface area contributed by atoms with E-state index in [1.54, 1.807) is 25.2 Å². The quantitative estimate of drug-likeness (QED) is 0.687. The molecule has 0 aliphatic carbocycles. The van der Waals surface area contributed by atoms with E-state index in [2.05, 4.69) is 9.97 Å². The van der Waals surface area contributed by atoms with E-state index in [9.17, 15) is 14.0 Å². The van der Waals surface area contributed by atoms with Crippen molar-refractivity contribution in [2.45, 2.75) is 13.5 Å². The summed E-state index contributed by atoms with van der Waals surface area (Å²) in [6.07, 6.45) is 0. The molecule has 0 aliphatic heterocycles. The number of halogens is 2. The number of rotatable bonds is 6. The molecule has 0 saturated carbocycles. The molecule has 0 unspecified atom stereocenters. The first kappa shape index (κ1) is 20.0. The van der Waals surface area contributed by atoms with Gasteiger partial charge in [-0.3, -0.25) is 14.5 Å². The number of aromatic nitrogens is 2. The summed E-state index contributed by atoms with van der Waals surface area (Å²) in [6, 6.07) is 11.0. The van der Waals surface area contributed by atoms with Gasteiger partial charge in [-0.1, -0.05) is 30.7 Å². The van der Waals surface area contributed by atoms with Crippen LogP contribution < -0.4 is 10.5 Å². The van der Waals surface area contributed by atoms with E-state index >= 15 is 0 Å². The van der Waals surface area contributed by atoms with Crippen LogP contribution in [0.1, 0.15) is 12.7 Å². The third-order valence-corrected chi connectivity index (χ3v) is 4.80. The van der Waals surface area contributed by atoms with Crippen molar-refractivity contribution in [1.82, 2.24) is 14.9 Å². The Bertz CT molecular complexity index is 1070. The van der Waals surface area contributed by atoms with Crippen molar-refractivity contribution in [1.29, 1.82) is 0 Å². The zero-order valence-electron chi connectivity index (χ0n) is 15.6. The van der Waals surface area contributed by atoms with Gasteiger partial charge < -0.3 is 9.88 Å². The zero-order valence-corrected chi connectivity index (χ0v) is 16.3. The molecule has 1 amide bonds. The van der Waals surface area contributed by atoms with Gasteiger partial charge in [-0.15, -0.1) is 0 Å². The van der Waals surface area contributed by atoms with Gasteiger partial charge in [-0.2, -0.15) is 0 Å². The lowest BCUT2D eigenvalue weighted by Gasteiger charge is -2.24. The highest BCUT2D eigenvalue weighted by molar-refractivity contribution is 6.33. The molecule has 2 aromatic carbocycles. The minimum absolute atomic E-state index is 0.128. The van der Waals surface area contributed by atoms with E-state index in [4.69, 9.17) is 11.6 Å². The van der Waals surface area contributed by atoms with Crippen LogP contribution >= 0.6 is 11.6 Å². The van der Waals surface area contributed by atoms with Gasteiger partial charge in [0.25, 0.3) is 5.56 Å². The summed E-state index contributed by atoms with van der Waals surface area (Å²) in [5, 5.41) is 0.690. The summed E-state index contributed by atoms with van der Waals surface area (Å²) in [5.74, 6) is -0.213. The van der Waals surface area contributed by atoms with Gasteiger partial charge >= 0.3 is 0 Å². The number of aromatic amines is 1. The summed E-state index contributed by atoms with van der Waals surface area (Å²) >= 11 is 6.16. The van der Waals surface area contributed by atoms with Crippen LogP contribution in [0.4, 0.5) is 10.1 Å². The van der Waals surface area contributed by atoms with Crippen molar-refractivity contribution in [3.63, 3.8) is 0 Å². The summed E-state index contributed by atoms with van der Waals surface area (Å²) in [5.41, 5.74) is 0.635. The number of benzene rings is 2. The van der Waals surface area contributed by atoms with Gasteiger partial charge in [0, 0.05) is 7.05 Å². The predicted molar refractivity (Wildman–Crippen MR) is 108 cm³/mol. The zero-order chi connectivity index (χ0) is 20.3. The molecule has 146 valence electrons. The number of carbonyl (C=O) groups is 1. The number of likely N-dealkylation sites (N-methyl/N-ethyl adjacent to an activating group) is 2. The smallest absolute Gasteiger partial charge is 0.258 e. The molecule has 0 atom stereocenters. The molecule has 1 N–H and O–H groups in total. The van der Waals surface area contributed by atoms with Crippen molar-refractivity contribution in [2.75, 3.05) is 25.0 Å². The highest BCUT2D eigenvalue weighted by atomic mass is 35.5. The van der Waals surface area contributed by atoms with Crippen molar-refractivity contribution in [2.24, 2.45) is 0 Å². The Hall–Kier alpha value is -2.77. The molecule has 28 heavy (non-hydrogen) atoms. The number of nitrogens with zero attached hydrogens (tertiary/aromatic N) is 3. The number of nitrogens with one attached hydrogen (secondary N) is 1. The fraction of sp³-hybridized carbons (Fsp3) is 0.250. The molecule has 0 saturated heterocycles. The maximum Gasteiger partial charge on any atom is 0.258 e. The largest absolute Gasteiger partial charge is 0.313 e. The van der Waals surface area contributed by atoms with Crippen LogP contribution in [0.15, 0.2) is 47.3 Å². The standard InChI is InChI=1S/C20H20ClFN4O2/c1-3-26(12-19(27)25(2)17-7-5-4-6-15(17)21)11-18-23-16-9-8-13(22)10-14(16)20(28)24-18/h4-10H,3,11-12H2,1-2H3,(H,23,24,28). The molecule has 1 aromatic heterocycles. The number of fused-ring (bicyclic) bond motifs is 1. The van der Waals surface area contributed by atoms with Gasteiger partial charge in [0.05, 0.1) is 34.7 Å². The molecule has 1 heterocycles. The van der Waals surface area contributed by atoms with Crippen molar-refractivity contribution < 1.29 is 9.18 Å². The minimum atomic E-state index is -0.490. The Balaban J connectivity index is 1.76. The summed E-state index contributed by atoms with van der Waals surface area (Å²) in [4.78, 5) is 35.3. The predicted octanol–water partition coefficient (Wildman–Crippen LogP) is 3.20. The number of hydrogen-bond donors (Lipinski definition) is 1. The number of anilines is 1. The maximum absolute atomic E-state index is 13.3. The fourth-order valence-electron chi connectivity index (χ4n) is 2.88. The first-order valence-electron chi connectivity index (χ1n) is 8.81. The van der Waals surface area contributed by atoms with Gasteiger partial charge in [0.2, 0.25) is 5.91 Å². The lowest BCUT2D eigenvalue weighted by Crippen LogP contribution is -2.38. The molecule has 0 bridgehead atoms. The second-order valence-corrected chi connectivity index (χ2v) is 6.79. The van der Waals surface area contributed by atoms with Crippen LogP contribution in [-0.2, 0) is 11.3 Å². The van der Waals surface area contributed by atoms with Gasteiger partial charge in [0.1, 0.15) is 11.6 Å². The van der Waals surface area contributed by atoms with Gasteiger partial charge in [-0.05, 0) is 36.9 Å². The highest BCUT2D eigenvalue weighted by Gasteiger charge is 2.18. The first-order chi connectivity index (χ1) is 13.4. The van der Waals surface area contributed by atoms with E-state index < -0.39 is 11.4 Å². The van der Waals surface area contributed by atoms with Crippen LogP contribution in [0.5, 0.6) is 0 Å². The number of hydrogen-bond acceptors (Lipinski definition) is 4. The van der Waals surface area contributed by atoms with E-state index in [1.165, 1.54) is 17.0 Å². The highest BCUT2D eigenvalue weighted by Crippen LogP contribution is 2.24. The summed E-state index contributed by atoms with van der Waals surface area (Å²) in [6.45, 7) is 2.90. The Labute approximate surface area is 166 Å². The van der Waals surface area contributed by atoms with Crippen LogP contribution in [0.3, 0.4) is 0 Å². The number of amides is 1. The number of H-pyrrole nitrogens is 1. The Morgan fingerprint density at radius 1 is 1.25 bits per heavy atom. The van der Waals surface area contributed by atoms with Gasteiger partial charge in [0.15, 0.2) is 0 Å². The average Bonchev–Trinajstić information content (AvgIpc) is 2.68. The molecule has 0 spiro atoms. The first-order valence-corrected chi connectivity index (χ1v) is 9.18. The molecule has 0 aliphatic rings. The van der Waals surface area contributed by atoms with Crippen molar-refractivity contribution in [3.05, 3.63) is 69.5 Å². The summed E-state index contributed by atoms with van der Waals surface area (Å²) < 4.78 is 13.3. The van der Waals surface area contributed by atoms with Gasteiger partial charge in [-0.25, -0.2) is 9.37 Å². The Morgan fingerprint density at radius 3 is 2.71 bits per heavy atom. The van der Waals surface area contributed by atoms with Crippen LogP contribution in [-0.4, -0.2) is 40.9 Å². The molecule has 3 aromatic rings. The second kappa shape index (κ2) is 8.50. The third kappa shape index (κ3) is 4.37. The number of para-hydroxylation sites is 1. The molecule has 8 heteroatoms. The summed E-state index contributed by atoms with van der Waals surface area (Å²) in [7, 11) is 1.67. The molecular weight excluding hydrogens is 383 g/mol. The van der Waals surface area contributed by atoms with E-state index in [1.807, 2.05) is 17.9 Å². The monoisotopic (exact) mass is 402 g/mol. The number of carbonyl (C=O) groups excluding carboxylic acids is 1. The Kier molecular flexibility index (Phi) is 6.06. The van der Waals surface area contributed by atoms with Crippen LogP contribution in [0.2, 0.25) is 5.02 Å². The van der Waals surface area contributed by atoms with Crippen LogP contribution in [0.25, 0.3) is 10.9 Å². The molecule has 0 radical (unpaired) electrons. The molecular formula is C20H20ClFN4O2. The van der Waals surface area contributed by atoms with E-state index in [0.29, 0.717) is 28.6 Å². The average molecular weight is 403 g/mol. The Morgan fingerprint density at radius 2 is 2.00 bits per heavy atom. The second-order valence-electron chi connectivity index (χ2n) is 6.38. The van der Waals surface area contributed by atoms with Crippen molar-refractivity contribution in [3.8, 4) is 0 Å². The normalized spacial score (nSPS) is 11.2. The maximum atomic E-state index is 13.3. The van der Waals surface area contributed by atoms with Crippen LogP contribution in [0, 0.1) is 5.82 Å². The molecule has 3 rings (SSSR count). The lowest BCUT2D eigenvalue weighted by atomic mass is 10.2. The SMILES string of the molecule is CCN(CC(=O)N(C)c1ccccc1Cl)Cc1nc2ccc(F)cc2c(=O)[nH]1. The third-order valence-electron chi connectivity index (χ3n) is 4.48. The van der Waals surface area contributed by atoms with Crippen molar-refractivity contribution >= 4 is 34.1 Å². The van der Waals surface area contributed by atoms with E-state index in [0.717, 1.165) is 6.07 Å².